The van der Waals surface area contributed by atoms with E-state index in [0.29, 0.717) is 17.3 Å². The van der Waals surface area contributed by atoms with Crippen LogP contribution >= 0.6 is 11.6 Å². The Kier molecular flexibility index (Phi) is 5.72. The second-order valence-electron chi connectivity index (χ2n) is 7.11. The van der Waals surface area contributed by atoms with Gasteiger partial charge in [0.2, 0.25) is 0 Å². The molecule has 5 heteroatoms. The fourth-order valence-electron chi connectivity index (χ4n) is 3.04. The highest BCUT2D eigenvalue weighted by Crippen LogP contribution is 2.22. The molecule has 4 nitrogen and oxygen atoms in total. The summed E-state index contributed by atoms with van der Waals surface area (Å²) in [5.74, 6) is 0.459. The van der Waals surface area contributed by atoms with Crippen LogP contribution < -0.4 is 15.0 Å². The molecule has 2 aromatic carbocycles. The molecule has 0 spiro atoms. The lowest BCUT2D eigenvalue weighted by Crippen LogP contribution is -2.46. The van der Waals surface area contributed by atoms with Gasteiger partial charge in [-0.3, -0.25) is 4.79 Å². The number of amides is 1. The number of carbonyl (C=O) groups excluding carboxylic acids is 1. The Hall–Kier alpha value is -2.20. The fraction of sp³-hybridized carbons (Fsp3) is 0.381. The van der Waals surface area contributed by atoms with Gasteiger partial charge in [-0.05, 0) is 68.7 Å². The Bertz CT molecular complexity index is 736. The lowest BCUT2D eigenvalue weighted by atomic mass is 10.1. The Labute approximate surface area is 160 Å². The number of carbonyl (C=O) groups is 1. The summed E-state index contributed by atoms with van der Waals surface area (Å²) < 4.78 is 5.82. The van der Waals surface area contributed by atoms with E-state index in [1.807, 2.05) is 0 Å². The smallest absolute Gasteiger partial charge is 0.263 e. The monoisotopic (exact) mass is 372 g/mol. The minimum Gasteiger partial charge on any atom is -0.478 e. The number of nitrogens with zero attached hydrogens (tertiary/aromatic N) is 1. The van der Waals surface area contributed by atoms with Gasteiger partial charge in [0.25, 0.3) is 5.91 Å². The first kappa shape index (κ1) is 18.6. The standard InChI is InChI=1S/C21H25ClN2O2/c1-21(2,26-19-11-7-17(22)8-12-19)20(25)23-15-16-5-9-18(10-6-16)24-13-3-4-14-24/h5-12H,3-4,13-15H2,1-2H3,(H,23,25). The average Bonchev–Trinajstić information content (AvgIpc) is 3.16. The normalized spacial score (nSPS) is 14.3. The number of rotatable bonds is 6. The molecule has 1 saturated heterocycles. The molecule has 1 aliphatic rings. The molecule has 0 aliphatic carbocycles. The summed E-state index contributed by atoms with van der Waals surface area (Å²) >= 11 is 5.88. The van der Waals surface area contributed by atoms with Gasteiger partial charge in [-0.2, -0.15) is 0 Å². The van der Waals surface area contributed by atoms with Gasteiger partial charge in [-0.15, -0.1) is 0 Å². The van der Waals surface area contributed by atoms with Gasteiger partial charge in [0, 0.05) is 30.3 Å². The maximum Gasteiger partial charge on any atom is 0.263 e. The van der Waals surface area contributed by atoms with Crippen LogP contribution in [-0.2, 0) is 11.3 Å². The Morgan fingerprint density at radius 2 is 1.69 bits per heavy atom. The van der Waals surface area contributed by atoms with Crippen molar-refractivity contribution in [2.24, 2.45) is 0 Å². The van der Waals surface area contributed by atoms with Crippen molar-refractivity contribution < 1.29 is 9.53 Å². The van der Waals surface area contributed by atoms with Crippen LogP contribution in [0.4, 0.5) is 5.69 Å². The van der Waals surface area contributed by atoms with Crippen molar-refractivity contribution in [1.29, 1.82) is 0 Å². The molecule has 0 saturated carbocycles. The minimum atomic E-state index is -0.969. The van der Waals surface area contributed by atoms with E-state index in [1.54, 1.807) is 38.1 Å². The van der Waals surface area contributed by atoms with Crippen molar-refractivity contribution in [3.63, 3.8) is 0 Å². The summed E-state index contributed by atoms with van der Waals surface area (Å²) in [5.41, 5.74) is 1.36. The molecule has 0 unspecified atom stereocenters. The van der Waals surface area contributed by atoms with E-state index < -0.39 is 5.60 Å². The first-order chi connectivity index (χ1) is 12.4. The molecule has 138 valence electrons. The molecule has 26 heavy (non-hydrogen) atoms. The molecule has 0 radical (unpaired) electrons. The van der Waals surface area contributed by atoms with Gasteiger partial charge in [-0.25, -0.2) is 0 Å². The highest BCUT2D eigenvalue weighted by Gasteiger charge is 2.29. The third-order valence-electron chi connectivity index (χ3n) is 4.59. The first-order valence-corrected chi connectivity index (χ1v) is 9.39. The van der Waals surface area contributed by atoms with Gasteiger partial charge in [-0.1, -0.05) is 23.7 Å². The number of anilines is 1. The fourth-order valence-corrected chi connectivity index (χ4v) is 3.16. The van der Waals surface area contributed by atoms with Crippen LogP contribution in [0.3, 0.4) is 0 Å². The summed E-state index contributed by atoms with van der Waals surface area (Å²) in [4.78, 5) is 14.9. The third-order valence-corrected chi connectivity index (χ3v) is 4.85. The predicted molar refractivity (Wildman–Crippen MR) is 106 cm³/mol. The quantitative estimate of drug-likeness (QED) is 0.816. The molecule has 1 heterocycles. The van der Waals surface area contributed by atoms with Gasteiger partial charge in [0.1, 0.15) is 5.75 Å². The number of nitrogens with one attached hydrogen (secondary N) is 1. The van der Waals surface area contributed by atoms with Crippen molar-refractivity contribution >= 4 is 23.2 Å². The molecule has 0 bridgehead atoms. The van der Waals surface area contributed by atoms with Crippen molar-refractivity contribution in [1.82, 2.24) is 5.32 Å². The van der Waals surface area contributed by atoms with E-state index in [9.17, 15) is 4.79 Å². The molecule has 2 aromatic rings. The van der Waals surface area contributed by atoms with Gasteiger partial charge in [0.15, 0.2) is 5.60 Å². The first-order valence-electron chi connectivity index (χ1n) is 9.01. The zero-order valence-electron chi connectivity index (χ0n) is 15.3. The largest absolute Gasteiger partial charge is 0.478 e. The Balaban J connectivity index is 1.54. The van der Waals surface area contributed by atoms with Crippen molar-refractivity contribution in [3.8, 4) is 5.75 Å². The molecule has 1 N–H and O–H groups in total. The van der Waals surface area contributed by atoms with Crippen LogP contribution in [-0.4, -0.2) is 24.6 Å². The SMILES string of the molecule is CC(C)(Oc1ccc(Cl)cc1)C(=O)NCc1ccc(N2CCCC2)cc1. The van der Waals surface area contributed by atoms with Crippen LogP contribution in [0.2, 0.25) is 5.02 Å². The summed E-state index contributed by atoms with van der Waals surface area (Å²) in [6, 6.07) is 15.4. The van der Waals surface area contributed by atoms with Gasteiger partial charge in [0.05, 0.1) is 0 Å². The van der Waals surface area contributed by atoms with E-state index in [2.05, 4.69) is 34.5 Å². The van der Waals surface area contributed by atoms with E-state index in [4.69, 9.17) is 16.3 Å². The molecule has 0 atom stereocenters. The summed E-state index contributed by atoms with van der Waals surface area (Å²) in [6.07, 6.45) is 2.53. The van der Waals surface area contributed by atoms with E-state index >= 15 is 0 Å². The second kappa shape index (κ2) is 8.00. The average molecular weight is 373 g/mol. The maximum atomic E-state index is 12.5. The van der Waals surface area contributed by atoms with Crippen LogP contribution in [0, 0.1) is 0 Å². The van der Waals surface area contributed by atoms with Crippen LogP contribution in [0.25, 0.3) is 0 Å². The molecule has 1 fully saturated rings. The van der Waals surface area contributed by atoms with Crippen molar-refractivity contribution in [2.45, 2.75) is 38.8 Å². The molecule has 1 amide bonds. The van der Waals surface area contributed by atoms with Crippen LogP contribution in [0.5, 0.6) is 5.75 Å². The lowest BCUT2D eigenvalue weighted by molar-refractivity contribution is -0.134. The van der Waals surface area contributed by atoms with E-state index in [1.165, 1.54) is 18.5 Å². The molecule has 0 aromatic heterocycles. The lowest BCUT2D eigenvalue weighted by Gasteiger charge is -2.25. The van der Waals surface area contributed by atoms with Crippen molar-refractivity contribution in [3.05, 3.63) is 59.1 Å². The molecular formula is C21H25ClN2O2. The zero-order chi connectivity index (χ0) is 18.6. The highest BCUT2D eigenvalue weighted by molar-refractivity contribution is 6.30. The van der Waals surface area contributed by atoms with Crippen LogP contribution in [0.15, 0.2) is 48.5 Å². The number of halogens is 1. The third kappa shape index (κ3) is 4.70. The number of hydrogen-bond donors (Lipinski definition) is 1. The summed E-state index contributed by atoms with van der Waals surface area (Å²) in [5, 5.41) is 3.59. The number of hydrogen-bond acceptors (Lipinski definition) is 3. The van der Waals surface area contributed by atoms with Crippen molar-refractivity contribution in [2.75, 3.05) is 18.0 Å². The van der Waals surface area contributed by atoms with E-state index in [-0.39, 0.29) is 5.91 Å². The molecular weight excluding hydrogens is 348 g/mol. The predicted octanol–water partition coefficient (Wildman–Crippen LogP) is 4.41. The number of benzene rings is 2. The van der Waals surface area contributed by atoms with Gasteiger partial charge < -0.3 is 15.0 Å². The summed E-state index contributed by atoms with van der Waals surface area (Å²) in [7, 11) is 0. The minimum absolute atomic E-state index is 0.156. The Morgan fingerprint density at radius 3 is 2.31 bits per heavy atom. The highest BCUT2D eigenvalue weighted by atomic mass is 35.5. The molecule has 3 rings (SSSR count). The second-order valence-corrected chi connectivity index (χ2v) is 7.55. The summed E-state index contributed by atoms with van der Waals surface area (Å²) in [6.45, 7) is 6.26. The van der Waals surface area contributed by atoms with Gasteiger partial charge >= 0.3 is 0 Å². The zero-order valence-corrected chi connectivity index (χ0v) is 16.1. The van der Waals surface area contributed by atoms with Crippen LogP contribution in [0.1, 0.15) is 32.3 Å². The maximum absolute atomic E-state index is 12.5. The van der Waals surface area contributed by atoms with E-state index in [0.717, 1.165) is 18.7 Å². The topological polar surface area (TPSA) is 41.6 Å². The number of ether oxygens (including phenoxy) is 1. The molecule has 1 aliphatic heterocycles. The Morgan fingerprint density at radius 1 is 1.08 bits per heavy atom.